The summed E-state index contributed by atoms with van der Waals surface area (Å²) in [5.74, 6) is 0.376. The molecule has 0 fully saturated rings. The second-order valence-corrected chi connectivity index (χ2v) is 15.7. The minimum atomic E-state index is -3.13. The molecule has 0 spiro atoms. The van der Waals surface area contributed by atoms with Crippen molar-refractivity contribution in [2.45, 2.75) is 103 Å². The Morgan fingerprint density at radius 2 is 0.973 bits per heavy atom. The first-order chi connectivity index (χ1) is 16.7. The molecule has 2 unspecified atom stereocenters. The van der Waals surface area contributed by atoms with Crippen LogP contribution in [0.1, 0.15) is 93.2 Å². The predicted octanol–water partition coefficient (Wildman–Crippen LogP) is 10.4. The molecular weight excluding hydrogens is 532 g/mol. The van der Waals surface area contributed by atoms with Gasteiger partial charge in [-0.1, -0.05) is 93.1 Å². The van der Waals surface area contributed by atoms with Crippen LogP contribution in [0.4, 0.5) is 8.39 Å². The van der Waals surface area contributed by atoms with E-state index >= 15 is 0 Å². The lowest BCUT2D eigenvalue weighted by Gasteiger charge is -2.34. The molecule has 9 heteroatoms. The first-order valence-electron chi connectivity index (χ1n) is 12.3. The molecule has 208 valence electrons. The van der Waals surface area contributed by atoms with Crippen LogP contribution >= 0.6 is 29.1 Å². The molecule has 0 saturated heterocycles. The van der Waals surface area contributed by atoms with E-state index in [9.17, 15) is 18.2 Å². The van der Waals surface area contributed by atoms with Gasteiger partial charge >= 0.3 is 17.4 Å². The highest BCUT2D eigenvalue weighted by Gasteiger charge is 2.30. The van der Waals surface area contributed by atoms with Crippen molar-refractivity contribution < 1.29 is 27.2 Å². The van der Waals surface area contributed by atoms with E-state index in [1.807, 2.05) is 24.3 Å². The third-order valence-corrected chi connectivity index (χ3v) is 7.73. The molecule has 0 bridgehead atoms. The standard InChI is InChI=1S/C28H42F2O4P2S/c1-25(2,3)17-27(7,8)19-11-13-21(33-35(29)31)23(15-19)37-24-16-20(12-14-22(24)34-36(30)32)28(9,10)18-26(4,5)6/h11-16,31-32H,17-18H2,1-10H3. The number of benzene rings is 2. The Hall–Kier alpha value is -0.970. The Labute approximate surface area is 228 Å². The summed E-state index contributed by atoms with van der Waals surface area (Å²) in [6.07, 6.45) is 1.81. The normalized spacial score (nSPS) is 14.9. The Morgan fingerprint density at radius 3 is 1.24 bits per heavy atom. The average Bonchev–Trinajstić information content (AvgIpc) is 2.66. The lowest BCUT2D eigenvalue weighted by atomic mass is 9.72. The van der Waals surface area contributed by atoms with Crippen LogP contribution in [0.5, 0.6) is 11.5 Å². The van der Waals surface area contributed by atoms with Crippen molar-refractivity contribution in [2.75, 3.05) is 0 Å². The van der Waals surface area contributed by atoms with Gasteiger partial charge in [0.15, 0.2) is 0 Å². The maximum absolute atomic E-state index is 13.6. The van der Waals surface area contributed by atoms with Crippen molar-refractivity contribution in [1.29, 1.82) is 0 Å². The van der Waals surface area contributed by atoms with E-state index in [2.05, 4.69) is 69.2 Å². The molecule has 2 atom stereocenters. The average molecular weight is 575 g/mol. The van der Waals surface area contributed by atoms with Crippen molar-refractivity contribution in [3.63, 3.8) is 0 Å². The summed E-state index contributed by atoms with van der Waals surface area (Å²) < 4.78 is 37.4. The molecule has 2 aromatic carbocycles. The Bertz CT molecular complexity index is 978. The Kier molecular flexibility index (Phi) is 10.5. The van der Waals surface area contributed by atoms with Gasteiger partial charge in [0.05, 0.1) is 9.79 Å². The summed E-state index contributed by atoms with van der Waals surface area (Å²) in [6.45, 7) is 21.7. The summed E-state index contributed by atoms with van der Waals surface area (Å²) in [4.78, 5) is 19.9. The first kappa shape index (κ1) is 32.2. The summed E-state index contributed by atoms with van der Waals surface area (Å²) >= 11 is 1.24. The smallest absolute Gasteiger partial charge is 0.423 e. The molecule has 0 aliphatic heterocycles. The molecule has 0 radical (unpaired) electrons. The van der Waals surface area contributed by atoms with Gasteiger partial charge in [-0.3, -0.25) is 0 Å². The third-order valence-electron chi connectivity index (χ3n) is 5.96. The van der Waals surface area contributed by atoms with Crippen LogP contribution in [-0.2, 0) is 10.8 Å². The number of halogens is 2. The van der Waals surface area contributed by atoms with Gasteiger partial charge in [-0.2, -0.15) is 0 Å². The predicted molar refractivity (Wildman–Crippen MR) is 153 cm³/mol. The molecule has 2 rings (SSSR count). The van der Waals surface area contributed by atoms with E-state index in [4.69, 9.17) is 9.05 Å². The van der Waals surface area contributed by atoms with Gasteiger partial charge in [-0.15, -0.1) is 8.39 Å². The molecule has 4 nitrogen and oxygen atoms in total. The SMILES string of the molecule is CC(C)(C)CC(C)(C)c1ccc(OP(O)F)c(Sc2cc(C(C)(C)CC(C)(C)C)ccc2OP(O)F)c1. The quantitative estimate of drug-likeness (QED) is 0.277. The fourth-order valence-electron chi connectivity index (χ4n) is 5.30. The van der Waals surface area contributed by atoms with Crippen LogP contribution in [0.15, 0.2) is 46.2 Å². The van der Waals surface area contributed by atoms with Gasteiger partial charge in [-0.25, -0.2) is 0 Å². The summed E-state index contributed by atoms with van der Waals surface area (Å²) in [5.41, 5.74) is 1.83. The zero-order chi connectivity index (χ0) is 28.4. The van der Waals surface area contributed by atoms with Crippen molar-refractivity contribution >= 4 is 29.1 Å². The summed E-state index contributed by atoms with van der Waals surface area (Å²) in [5, 5.41) is 0. The zero-order valence-corrected chi connectivity index (χ0v) is 26.3. The van der Waals surface area contributed by atoms with Gasteiger partial charge < -0.3 is 18.8 Å². The van der Waals surface area contributed by atoms with E-state index in [1.165, 1.54) is 11.8 Å². The van der Waals surface area contributed by atoms with Crippen LogP contribution in [0.3, 0.4) is 0 Å². The molecule has 37 heavy (non-hydrogen) atoms. The lowest BCUT2D eigenvalue weighted by Crippen LogP contribution is -2.25. The lowest BCUT2D eigenvalue weighted by molar-refractivity contribution is 0.283. The van der Waals surface area contributed by atoms with E-state index < -0.39 is 17.4 Å². The van der Waals surface area contributed by atoms with Crippen molar-refractivity contribution in [3.05, 3.63) is 47.5 Å². The fraction of sp³-hybridized carbons (Fsp3) is 0.571. The number of rotatable bonds is 10. The Balaban J connectivity index is 2.63. The molecule has 2 N–H and O–H groups in total. The second kappa shape index (κ2) is 12.0. The molecule has 0 amide bonds. The zero-order valence-electron chi connectivity index (χ0n) is 23.6. The fourth-order valence-corrected chi connectivity index (χ4v) is 7.10. The summed E-state index contributed by atoms with van der Waals surface area (Å²) in [6, 6.07) is 11.0. The van der Waals surface area contributed by atoms with Gasteiger partial charge in [0.1, 0.15) is 11.5 Å². The molecular formula is C28H42F2O4P2S. The van der Waals surface area contributed by atoms with Crippen molar-refractivity contribution in [3.8, 4) is 11.5 Å². The van der Waals surface area contributed by atoms with E-state index in [0.29, 0.717) is 9.79 Å². The highest BCUT2D eigenvalue weighted by atomic mass is 32.2. The van der Waals surface area contributed by atoms with Gasteiger partial charge in [0.25, 0.3) is 0 Å². The van der Waals surface area contributed by atoms with Gasteiger partial charge in [0, 0.05) is 0 Å². The largest absolute Gasteiger partial charge is 0.436 e. The topological polar surface area (TPSA) is 58.9 Å². The first-order valence-corrected chi connectivity index (χ1v) is 15.3. The van der Waals surface area contributed by atoms with Crippen LogP contribution in [0.2, 0.25) is 0 Å². The molecule has 0 aromatic heterocycles. The third kappa shape index (κ3) is 10.3. The molecule has 0 aliphatic carbocycles. The number of hydrogen-bond acceptors (Lipinski definition) is 5. The molecule has 0 saturated carbocycles. The van der Waals surface area contributed by atoms with E-state index in [0.717, 1.165) is 24.0 Å². The minimum absolute atomic E-state index is 0.0811. The van der Waals surface area contributed by atoms with E-state index in [1.54, 1.807) is 12.1 Å². The maximum atomic E-state index is 13.6. The summed E-state index contributed by atoms with van der Waals surface area (Å²) in [7, 11) is -6.26. The van der Waals surface area contributed by atoms with Gasteiger partial charge in [0.2, 0.25) is 0 Å². The molecule has 0 aliphatic rings. The van der Waals surface area contributed by atoms with Gasteiger partial charge in [-0.05, 0) is 69.9 Å². The van der Waals surface area contributed by atoms with Crippen molar-refractivity contribution in [2.24, 2.45) is 10.8 Å². The van der Waals surface area contributed by atoms with Crippen LogP contribution < -0.4 is 9.05 Å². The highest BCUT2D eigenvalue weighted by molar-refractivity contribution is 7.99. The maximum Gasteiger partial charge on any atom is 0.436 e. The van der Waals surface area contributed by atoms with Crippen LogP contribution in [0.25, 0.3) is 0 Å². The monoisotopic (exact) mass is 574 g/mol. The Morgan fingerprint density at radius 1 is 0.649 bits per heavy atom. The van der Waals surface area contributed by atoms with Crippen LogP contribution in [-0.4, -0.2) is 9.79 Å². The van der Waals surface area contributed by atoms with E-state index in [-0.39, 0.29) is 33.2 Å². The molecule has 0 heterocycles. The second-order valence-electron chi connectivity index (χ2n) is 13.3. The minimum Gasteiger partial charge on any atom is -0.423 e. The highest BCUT2D eigenvalue weighted by Crippen LogP contribution is 2.50. The van der Waals surface area contributed by atoms with Crippen molar-refractivity contribution in [1.82, 2.24) is 0 Å². The molecule has 2 aromatic rings. The van der Waals surface area contributed by atoms with Crippen LogP contribution in [0, 0.1) is 10.8 Å². The number of hydrogen-bond donors (Lipinski definition) is 2.